The predicted octanol–water partition coefficient (Wildman–Crippen LogP) is 1.58. The summed E-state index contributed by atoms with van der Waals surface area (Å²) in [6.45, 7) is 2.30. The summed E-state index contributed by atoms with van der Waals surface area (Å²) >= 11 is 0. The molecule has 0 aromatic heterocycles. The highest BCUT2D eigenvalue weighted by Crippen LogP contribution is 2.05. The van der Waals surface area contributed by atoms with Gasteiger partial charge in [-0.3, -0.25) is 4.79 Å². The minimum Gasteiger partial charge on any atom is -0.352 e. The van der Waals surface area contributed by atoms with Crippen molar-refractivity contribution in [1.82, 2.24) is 5.32 Å². The van der Waals surface area contributed by atoms with Gasteiger partial charge in [0.1, 0.15) is 5.82 Å². The lowest BCUT2D eigenvalue weighted by Gasteiger charge is -2.01. The lowest BCUT2D eigenvalue weighted by molar-refractivity contribution is 0.0952. The molecule has 1 amide bonds. The maximum Gasteiger partial charge on any atom is 0.254 e. The highest BCUT2D eigenvalue weighted by Gasteiger charge is 2.07. The molecule has 0 radical (unpaired) electrons. The van der Waals surface area contributed by atoms with Crippen LogP contribution >= 0.6 is 0 Å². The maximum absolute atomic E-state index is 12.9. The Hall–Kier alpha value is -1.38. The first-order valence-corrected chi connectivity index (χ1v) is 3.78. The SMILES string of the molecule is CCNC(=O)c1ccccc1F. The van der Waals surface area contributed by atoms with E-state index in [1.807, 2.05) is 0 Å². The van der Waals surface area contributed by atoms with Gasteiger partial charge in [0.05, 0.1) is 5.56 Å². The second kappa shape index (κ2) is 3.85. The van der Waals surface area contributed by atoms with Crippen molar-refractivity contribution in [3.8, 4) is 0 Å². The Morgan fingerprint density at radius 1 is 1.50 bits per heavy atom. The van der Waals surface area contributed by atoms with Crippen LogP contribution in [0.3, 0.4) is 0 Å². The first kappa shape index (κ1) is 8.71. The molecule has 1 rings (SSSR count). The first-order chi connectivity index (χ1) is 5.75. The highest BCUT2D eigenvalue weighted by atomic mass is 19.1. The Balaban J connectivity index is 2.87. The van der Waals surface area contributed by atoms with Crippen LogP contribution in [-0.4, -0.2) is 12.5 Å². The van der Waals surface area contributed by atoms with Crippen molar-refractivity contribution < 1.29 is 9.18 Å². The number of benzene rings is 1. The molecule has 0 bridgehead atoms. The number of carbonyl (C=O) groups excluding carboxylic acids is 1. The van der Waals surface area contributed by atoms with Crippen LogP contribution in [0, 0.1) is 5.82 Å². The minimum absolute atomic E-state index is 0.0966. The van der Waals surface area contributed by atoms with Gasteiger partial charge in [0.25, 0.3) is 5.91 Å². The molecule has 0 unspecified atom stereocenters. The van der Waals surface area contributed by atoms with Gasteiger partial charge in [0, 0.05) is 6.54 Å². The standard InChI is InChI=1S/C9H10FNO/c1-2-11-9(12)7-5-3-4-6-8(7)10/h3-6H,2H2,1H3,(H,11,12). The van der Waals surface area contributed by atoms with Gasteiger partial charge in [-0.15, -0.1) is 0 Å². The molecule has 1 aromatic rings. The second-order valence-electron chi connectivity index (χ2n) is 2.34. The van der Waals surface area contributed by atoms with Crippen molar-refractivity contribution >= 4 is 5.91 Å². The molecule has 0 saturated carbocycles. The van der Waals surface area contributed by atoms with Crippen LogP contribution in [-0.2, 0) is 0 Å². The smallest absolute Gasteiger partial charge is 0.254 e. The summed E-state index contributed by atoms with van der Waals surface area (Å²) in [4.78, 5) is 11.1. The molecule has 0 fully saturated rings. The molecular weight excluding hydrogens is 157 g/mol. The Bertz CT molecular complexity index is 286. The topological polar surface area (TPSA) is 29.1 Å². The van der Waals surface area contributed by atoms with Gasteiger partial charge >= 0.3 is 0 Å². The molecule has 0 aliphatic carbocycles. The Kier molecular flexibility index (Phi) is 2.80. The summed E-state index contributed by atoms with van der Waals surface area (Å²) in [5.74, 6) is -0.848. The van der Waals surface area contributed by atoms with Crippen LogP contribution in [0.25, 0.3) is 0 Å². The van der Waals surface area contributed by atoms with Crippen LogP contribution in [0.4, 0.5) is 4.39 Å². The van der Waals surface area contributed by atoms with E-state index in [-0.39, 0.29) is 11.5 Å². The summed E-state index contributed by atoms with van der Waals surface area (Å²) in [6, 6.07) is 5.91. The zero-order valence-electron chi connectivity index (χ0n) is 6.80. The van der Waals surface area contributed by atoms with Crippen molar-refractivity contribution in [3.05, 3.63) is 35.6 Å². The zero-order chi connectivity index (χ0) is 8.97. The van der Waals surface area contributed by atoms with Crippen molar-refractivity contribution in [1.29, 1.82) is 0 Å². The van der Waals surface area contributed by atoms with E-state index < -0.39 is 5.82 Å². The van der Waals surface area contributed by atoms with Gasteiger partial charge in [0.2, 0.25) is 0 Å². The number of hydrogen-bond acceptors (Lipinski definition) is 1. The maximum atomic E-state index is 12.9. The Morgan fingerprint density at radius 2 is 2.17 bits per heavy atom. The number of carbonyl (C=O) groups is 1. The molecule has 0 aliphatic rings. The number of amides is 1. The van der Waals surface area contributed by atoms with Crippen LogP contribution in [0.15, 0.2) is 24.3 Å². The van der Waals surface area contributed by atoms with E-state index in [1.54, 1.807) is 19.1 Å². The Morgan fingerprint density at radius 3 is 2.75 bits per heavy atom. The van der Waals surface area contributed by atoms with E-state index in [2.05, 4.69) is 5.32 Å². The van der Waals surface area contributed by atoms with E-state index in [9.17, 15) is 9.18 Å². The average molecular weight is 167 g/mol. The van der Waals surface area contributed by atoms with E-state index in [1.165, 1.54) is 12.1 Å². The van der Waals surface area contributed by atoms with Crippen LogP contribution in [0.1, 0.15) is 17.3 Å². The summed E-state index contributed by atoms with van der Waals surface area (Å²) in [5.41, 5.74) is 0.0966. The molecule has 2 nitrogen and oxygen atoms in total. The third-order valence-electron chi connectivity index (χ3n) is 1.46. The van der Waals surface area contributed by atoms with Crippen LogP contribution < -0.4 is 5.32 Å². The van der Waals surface area contributed by atoms with E-state index in [0.717, 1.165) is 0 Å². The van der Waals surface area contributed by atoms with Gasteiger partial charge in [-0.2, -0.15) is 0 Å². The van der Waals surface area contributed by atoms with Gasteiger partial charge in [0.15, 0.2) is 0 Å². The van der Waals surface area contributed by atoms with E-state index in [0.29, 0.717) is 6.54 Å². The lowest BCUT2D eigenvalue weighted by atomic mass is 10.2. The van der Waals surface area contributed by atoms with Gasteiger partial charge in [-0.05, 0) is 19.1 Å². The number of nitrogens with one attached hydrogen (secondary N) is 1. The second-order valence-corrected chi connectivity index (χ2v) is 2.34. The van der Waals surface area contributed by atoms with Gasteiger partial charge in [-0.1, -0.05) is 12.1 Å². The third kappa shape index (κ3) is 1.81. The molecule has 0 heterocycles. The van der Waals surface area contributed by atoms with Gasteiger partial charge in [-0.25, -0.2) is 4.39 Å². The molecular formula is C9H10FNO. The minimum atomic E-state index is -0.483. The molecule has 1 N–H and O–H groups in total. The van der Waals surface area contributed by atoms with Crippen molar-refractivity contribution in [2.75, 3.05) is 6.54 Å². The fraction of sp³-hybridized carbons (Fsp3) is 0.222. The molecule has 0 atom stereocenters. The number of hydrogen-bond donors (Lipinski definition) is 1. The van der Waals surface area contributed by atoms with Crippen molar-refractivity contribution in [2.45, 2.75) is 6.92 Å². The first-order valence-electron chi connectivity index (χ1n) is 3.78. The quantitative estimate of drug-likeness (QED) is 0.711. The largest absolute Gasteiger partial charge is 0.352 e. The highest BCUT2D eigenvalue weighted by molar-refractivity contribution is 5.94. The fourth-order valence-corrected chi connectivity index (χ4v) is 0.901. The number of rotatable bonds is 2. The number of halogens is 1. The molecule has 12 heavy (non-hydrogen) atoms. The van der Waals surface area contributed by atoms with Crippen LogP contribution in [0.2, 0.25) is 0 Å². The molecule has 1 aromatic carbocycles. The van der Waals surface area contributed by atoms with E-state index >= 15 is 0 Å². The van der Waals surface area contributed by atoms with Crippen molar-refractivity contribution in [2.24, 2.45) is 0 Å². The monoisotopic (exact) mass is 167 g/mol. The third-order valence-corrected chi connectivity index (χ3v) is 1.46. The van der Waals surface area contributed by atoms with Gasteiger partial charge < -0.3 is 5.32 Å². The summed E-state index contributed by atoms with van der Waals surface area (Å²) in [5, 5.41) is 2.52. The zero-order valence-corrected chi connectivity index (χ0v) is 6.80. The fourth-order valence-electron chi connectivity index (χ4n) is 0.901. The predicted molar refractivity (Wildman–Crippen MR) is 44.4 cm³/mol. The molecule has 0 aliphatic heterocycles. The molecule has 0 saturated heterocycles. The normalized spacial score (nSPS) is 9.50. The average Bonchev–Trinajstić information content (AvgIpc) is 2.05. The van der Waals surface area contributed by atoms with Crippen molar-refractivity contribution in [3.63, 3.8) is 0 Å². The summed E-state index contributed by atoms with van der Waals surface area (Å²) in [6.07, 6.45) is 0. The molecule has 3 heteroatoms. The Labute approximate surface area is 70.4 Å². The lowest BCUT2D eigenvalue weighted by Crippen LogP contribution is -2.23. The summed E-state index contributed by atoms with van der Waals surface area (Å²) in [7, 11) is 0. The summed E-state index contributed by atoms with van der Waals surface area (Å²) < 4.78 is 12.9. The van der Waals surface area contributed by atoms with E-state index in [4.69, 9.17) is 0 Å². The molecule has 0 spiro atoms. The molecule has 64 valence electrons. The van der Waals surface area contributed by atoms with Crippen LogP contribution in [0.5, 0.6) is 0 Å².